The molecule has 0 radical (unpaired) electrons. The lowest BCUT2D eigenvalue weighted by molar-refractivity contribution is -0.137. The number of hydrogen-bond donors (Lipinski definition) is 1. The number of amides is 1. The fourth-order valence-corrected chi connectivity index (χ4v) is 3.95. The van der Waals surface area contributed by atoms with Gasteiger partial charge in [-0.2, -0.15) is 18.3 Å². The summed E-state index contributed by atoms with van der Waals surface area (Å²) in [6, 6.07) is 13.0. The van der Waals surface area contributed by atoms with Gasteiger partial charge in [0, 0.05) is 13.1 Å². The predicted octanol–water partition coefficient (Wildman–Crippen LogP) is 4.73. The van der Waals surface area contributed by atoms with Crippen LogP contribution >= 0.6 is 0 Å². The summed E-state index contributed by atoms with van der Waals surface area (Å²) < 4.78 is 40.4. The largest absolute Gasteiger partial charge is 0.416 e. The molecule has 1 fully saturated rings. The number of alkyl halides is 3. The molecule has 0 spiro atoms. The molecule has 3 aromatic rings. The Balaban J connectivity index is 1.40. The van der Waals surface area contributed by atoms with Crippen LogP contribution < -0.4 is 5.32 Å². The van der Waals surface area contributed by atoms with Gasteiger partial charge in [0.15, 0.2) is 0 Å². The number of likely N-dealkylation sites (tertiary alicyclic amines) is 1. The molecule has 0 bridgehead atoms. The van der Waals surface area contributed by atoms with Gasteiger partial charge < -0.3 is 5.32 Å². The molecule has 0 atom stereocenters. The molecule has 2 aromatic carbocycles. The lowest BCUT2D eigenvalue weighted by atomic mass is 10.1. The van der Waals surface area contributed by atoms with Crippen LogP contribution in [0.1, 0.15) is 45.6 Å². The van der Waals surface area contributed by atoms with Gasteiger partial charge in [-0.15, -0.1) is 0 Å². The van der Waals surface area contributed by atoms with Crippen LogP contribution in [0.4, 0.5) is 13.2 Å². The van der Waals surface area contributed by atoms with Crippen molar-refractivity contribution in [1.82, 2.24) is 20.0 Å². The second-order valence-electron chi connectivity index (χ2n) is 8.09. The highest BCUT2D eigenvalue weighted by Crippen LogP contribution is 2.30. The molecule has 1 amide bonds. The van der Waals surface area contributed by atoms with Crippen molar-refractivity contribution in [3.8, 4) is 5.69 Å². The Labute approximate surface area is 184 Å². The third kappa shape index (κ3) is 5.02. The number of carbonyl (C=O) groups excluding carboxylic acids is 1. The van der Waals surface area contributed by atoms with E-state index in [-0.39, 0.29) is 11.6 Å². The third-order valence-electron chi connectivity index (χ3n) is 5.75. The van der Waals surface area contributed by atoms with Crippen LogP contribution in [0.2, 0.25) is 0 Å². The average Bonchev–Trinajstić information content (AvgIpc) is 3.42. The number of nitrogens with zero attached hydrogens (tertiary/aromatic N) is 3. The highest BCUT2D eigenvalue weighted by molar-refractivity contribution is 5.95. The van der Waals surface area contributed by atoms with Gasteiger partial charge in [-0.1, -0.05) is 30.3 Å². The summed E-state index contributed by atoms with van der Waals surface area (Å²) in [5.74, 6) is -0.318. The standard InChI is InChI=1S/C24H25F3N4O/c1-17-22(15-29-31(17)21-6-4-5-20(13-21)24(25,26)27)23(32)28-14-18-7-9-19(10-8-18)16-30-11-2-3-12-30/h4-10,13,15H,2-3,11-12,14,16H2,1H3,(H,28,32). The molecule has 168 valence electrons. The zero-order valence-electron chi connectivity index (χ0n) is 17.8. The smallest absolute Gasteiger partial charge is 0.348 e. The minimum Gasteiger partial charge on any atom is -0.348 e. The van der Waals surface area contributed by atoms with Gasteiger partial charge in [0.1, 0.15) is 0 Å². The number of nitrogens with one attached hydrogen (secondary N) is 1. The third-order valence-corrected chi connectivity index (χ3v) is 5.75. The number of halogens is 3. The van der Waals surface area contributed by atoms with E-state index in [2.05, 4.69) is 27.4 Å². The normalized spacial score (nSPS) is 14.6. The molecule has 8 heteroatoms. The van der Waals surface area contributed by atoms with E-state index in [1.807, 2.05) is 12.1 Å². The van der Waals surface area contributed by atoms with E-state index in [9.17, 15) is 18.0 Å². The fourth-order valence-electron chi connectivity index (χ4n) is 3.95. The predicted molar refractivity (Wildman–Crippen MR) is 115 cm³/mol. The molecule has 0 saturated carbocycles. The van der Waals surface area contributed by atoms with Crippen LogP contribution in [-0.2, 0) is 19.3 Å². The molecular weight excluding hydrogens is 417 g/mol. The van der Waals surface area contributed by atoms with Crippen molar-refractivity contribution in [1.29, 1.82) is 0 Å². The monoisotopic (exact) mass is 442 g/mol. The van der Waals surface area contributed by atoms with Gasteiger partial charge in [0.25, 0.3) is 5.91 Å². The van der Waals surface area contributed by atoms with E-state index in [0.717, 1.165) is 37.3 Å². The van der Waals surface area contributed by atoms with E-state index < -0.39 is 11.7 Å². The maximum atomic E-state index is 13.0. The maximum Gasteiger partial charge on any atom is 0.416 e. The lowest BCUT2D eigenvalue weighted by Gasteiger charge is -2.14. The molecule has 1 aliphatic heterocycles. The first-order valence-electron chi connectivity index (χ1n) is 10.6. The molecule has 5 nitrogen and oxygen atoms in total. The van der Waals surface area contributed by atoms with Gasteiger partial charge in [-0.3, -0.25) is 9.69 Å². The minimum absolute atomic E-state index is 0.255. The van der Waals surface area contributed by atoms with Gasteiger partial charge in [-0.25, -0.2) is 4.68 Å². The topological polar surface area (TPSA) is 50.2 Å². The van der Waals surface area contributed by atoms with Gasteiger partial charge in [0.05, 0.1) is 28.7 Å². The second kappa shape index (κ2) is 9.16. The SMILES string of the molecule is Cc1c(C(=O)NCc2ccc(CN3CCCC3)cc2)cnn1-c1cccc(C(F)(F)F)c1. The van der Waals surface area contributed by atoms with Crippen LogP contribution in [0.25, 0.3) is 5.69 Å². The minimum atomic E-state index is -4.44. The van der Waals surface area contributed by atoms with E-state index in [4.69, 9.17) is 0 Å². The van der Waals surface area contributed by atoms with Crippen molar-refractivity contribution in [2.75, 3.05) is 13.1 Å². The van der Waals surface area contributed by atoms with Crippen molar-refractivity contribution < 1.29 is 18.0 Å². The first kappa shape index (κ1) is 22.1. The van der Waals surface area contributed by atoms with Crippen molar-refractivity contribution in [3.05, 3.63) is 82.7 Å². The van der Waals surface area contributed by atoms with Crippen LogP contribution in [0, 0.1) is 6.92 Å². The summed E-state index contributed by atoms with van der Waals surface area (Å²) in [4.78, 5) is 15.1. The number of rotatable bonds is 6. The molecule has 2 heterocycles. The van der Waals surface area contributed by atoms with Gasteiger partial charge >= 0.3 is 6.18 Å². The Hall–Kier alpha value is -3.13. The summed E-state index contributed by atoms with van der Waals surface area (Å²) in [6.45, 7) is 5.25. The van der Waals surface area contributed by atoms with Crippen molar-refractivity contribution in [3.63, 3.8) is 0 Å². The second-order valence-corrected chi connectivity index (χ2v) is 8.09. The van der Waals surface area contributed by atoms with Gasteiger partial charge in [-0.05, 0) is 62.2 Å². The van der Waals surface area contributed by atoms with Crippen molar-refractivity contribution in [2.45, 2.75) is 39.0 Å². The molecule has 4 rings (SSSR count). The molecule has 1 saturated heterocycles. The molecule has 1 N–H and O–H groups in total. The molecular formula is C24H25F3N4O. The molecule has 0 aliphatic carbocycles. The summed E-state index contributed by atoms with van der Waals surface area (Å²) in [5.41, 5.74) is 2.52. The lowest BCUT2D eigenvalue weighted by Crippen LogP contribution is -2.23. The summed E-state index contributed by atoms with van der Waals surface area (Å²) in [6.07, 6.45) is -0.548. The number of carbonyl (C=O) groups is 1. The fraction of sp³-hybridized carbons (Fsp3) is 0.333. The van der Waals surface area contributed by atoms with Gasteiger partial charge in [0.2, 0.25) is 0 Å². The van der Waals surface area contributed by atoms with Crippen molar-refractivity contribution in [2.24, 2.45) is 0 Å². The molecule has 1 aromatic heterocycles. The summed E-state index contributed by atoms with van der Waals surface area (Å²) >= 11 is 0. The maximum absolute atomic E-state index is 13.0. The Kier molecular flexibility index (Phi) is 6.32. The van der Waals surface area contributed by atoms with Crippen LogP contribution in [-0.4, -0.2) is 33.7 Å². The van der Waals surface area contributed by atoms with Crippen LogP contribution in [0.3, 0.4) is 0 Å². The summed E-state index contributed by atoms with van der Waals surface area (Å²) in [5, 5.41) is 7.00. The van der Waals surface area contributed by atoms with Crippen molar-refractivity contribution >= 4 is 5.91 Å². The number of aromatic nitrogens is 2. The highest BCUT2D eigenvalue weighted by Gasteiger charge is 2.30. The number of benzene rings is 2. The zero-order valence-corrected chi connectivity index (χ0v) is 17.8. The van der Waals surface area contributed by atoms with E-state index in [1.54, 1.807) is 6.92 Å². The van der Waals surface area contributed by atoms with Crippen LogP contribution in [0.5, 0.6) is 0 Å². The summed E-state index contributed by atoms with van der Waals surface area (Å²) in [7, 11) is 0. The Morgan fingerprint density at radius 3 is 2.44 bits per heavy atom. The average molecular weight is 442 g/mol. The van der Waals surface area contributed by atoms with E-state index in [1.165, 1.54) is 41.4 Å². The zero-order chi connectivity index (χ0) is 22.7. The Bertz CT molecular complexity index is 1080. The molecule has 1 aliphatic rings. The highest BCUT2D eigenvalue weighted by atomic mass is 19.4. The molecule has 32 heavy (non-hydrogen) atoms. The number of hydrogen-bond acceptors (Lipinski definition) is 3. The first-order chi connectivity index (χ1) is 15.3. The van der Waals surface area contributed by atoms with E-state index in [0.29, 0.717) is 17.8 Å². The van der Waals surface area contributed by atoms with E-state index >= 15 is 0 Å². The Morgan fingerprint density at radius 1 is 1.06 bits per heavy atom. The Morgan fingerprint density at radius 2 is 1.75 bits per heavy atom. The first-order valence-corrected chi connectivity index (χ1v) is 10.6. The van der Waals surface area contributed by atoms with Crippen LogP contribution in [0.15, 0.2) is 54.7 Å². The quantitative estimate of drug-likeness (QED) is 0.601. The molecule has 0 unspecified atom stereocenters.